The number of amides is 1. The summed E-state index contributed by atoms with van der Waals surface area (Å²) < 4.78 is 5.41. The second-order valence-electron chi connectivity index (χ2n) is 5.74. The molecule has 0 radical (unpaired) electrons. The summed E-state index contributed by atoms with van der Waals surface area (Å²) in [7, 11) is 0. The maximum absolute atomic E-state index is 12.7. The fraction of sp³-hybridized carbons (Fsp3) is 0.222. The summed E-state index contributed by atoms with van der Waals surface area (Å²) in [6, 6.07) is 7.53. The molecule has 1 amide bonds. The van der Waals surface area contributed by atoms with E-state index in [4.69, 9.17) is 16.3 Å². The lowest BCUT2D eigenvalue weighted by molar-refractivity contribution is 0.102. The van der Waals surface area contributed by atoms with Gasteiger partial charge in [0.15, 0.2) is 0 Å². The first kappa shape index (κ1) is 17.5. The molecule has 1 N–H and O–H groups in total. The standard InChI is InChI=1S/C18H16ClN3O2S2/c19-13-2-1-3-14(16(13)22-5-7-24-8-6-22)20-17(23)15-11-26-18(21-15)12-4-9-25-10-12/h1-4,9-11H,5-8H2,(H,20,23). The van der Waals surface area contributed by atoms with Crippen LogP contribution in [-0.2, 0) is 4.74 Å². The maximum Gasteiger partial charge on any atom is 0.275 e. The Balaban J connectivity index is 1.57. The van der Waals surface area contributed by atoms with Crippen LogP contribution in [0.3, 0.4) is 0 Å². The van der Waals surface area contributed by atoms with Gasteiger partial charge >= 0.3 is 0 Å². The van der Waals surface area contributed by atoms with Crippen molar-refractivity contribution in [2.45, 2.75) is 0 Å². The third kappa shape index (κ3) is 3.61. The summed E-state index contributed by atoms with van der Waals surface area (Å²) in [6.07, 6.45) is 0. The number of rotatable bonds is 4. The van der Waals surface area contributed by atoms with Gasteiger partial charge < -0.3 is 15.0 Å². The monoisotopic (exact) mass is 405 g/mol. The highest BCUT2D eigenvalue weighted by Crippen LogP contribution is 2.35. The van der Waals surface area contributed by atoms with E-state index in [9.17, 15) is 4.79 Å². The van der Waals surface area contributed by atoms with Gasteiger partial charge in [-0.05, 0) is 23.6 Å². The molecule has 134 valence electrons. The Morgan fingerprint density at radius 2 is 2.08 bits per heavy atom. The smallest absolute Gasteiger partial charge is 0.275 e. The van der Waals surface area contributed by atoms with Crippen molar-refractivity contribution in [3.05, 3.63) is 51.1 Å². The molecule has 1 aromatic carbocycles. The van der Waals surface area contributed by atoms with Crippen LogP contribution in [0.4, 0.5) is 11.4 Å². The normalized spacial score (nSPS) is 14.4. The summed E-state index contributed by atoms with van der Waals surface area (Å²) in [5.41, 5.74) is 2.97. The largest absolute Gasteiger partial charge is 0.378 e. The average Bonchev–Trinajstić information content (AvgIpc) is 3.34. The van der Waals surface area contributed by atoms with Gasteiger partial charge in [-0.2, -0.15) is 11.3 Å². The van der Waals surface area contributed by atoms with E-state index in [2.05, 4.69) is 15.2 Å². The molecule has 1 fully saturated rings. The molecule has 0 spiro atoms. The molecule has 1 saturated heterocycles. The number of thiophene rings is 1. The van der Waals surface area contributed by atoms with Gasteiger partial charge in [-0.1, -0.05) is 17.7 Å². The molecule has 1 aliphatic rings. The molecule has 4 rings (SSSR count). The van der Waals surface area contributed by atoms with Crippen molar-refractivity contribution in [2.24, 2.45) is 0 Å². The van der Waals surface area contributed by atoms with E-state index in [1.165, 1.54) is 11.3 Å². The number of thiazole rings is 1. The van der Waals surface area contributed by atoms with Crippen molar-refractivity contribution in [2.75, 3.05) is 36.5 Å². The van der Waals surface area contributed by atoms with Crippen LogP contribution in [0.1, 0.15) is 10.5 Å². The molecule has 0 atom stereocenters. The number of morpholine rings is 1. The van der Waals surface area contributed by atoms with Crippen molar-refractivity contribution < 1.29 is 9.53 Å². The summed E-state index contributed by atoms with van der Waals surface area (Å²) in [6.45, 7) is 2.78. The van der Waals surface area contributed by atoms with Gasteiger partial charge in [0.2, 0.25) is 0 Å². The van der Waals surface area contributed by atoms with Crippen molar-refractivity contribution in [3.8, 4) is 10.6 Å². The zero-order valence-electron chi connectivity index (χ0n) is 13.8. The van der Waals surface area contributed by atoms with Gasteiger partial charge in [-0.25, -0.2) is 4.98 Å². The summed E-state index contributed by atoms with van der Waals surface area (Å²) in [5.74, 6) is -0.237. The van der Waals surface area contributed by atoms with E-state index < -0.39 is 0 Å². The zero-order valence-corrected chi connectivity index (χ0v) is 16.2. The van der Waals surface area contributed by atoms with E-state index >= 15 is 0 Å². The minimum Gasteiger partial charge on any atom is -0.378 e. The van der Waals surface area contributed by atoms with Gasteiger partial charge in [-0.3, -0.25) is 4.79 Å². The minimum absolute atomic E-state index is 0.237. The highest BCUT2D eigenvalue weighted by Gasteiger charge is 2.20. The number of carbonyl (C=O) groups is 1. The molecule has 2 aromatic heterocycles. The van der Waals surface area contributed by atoms with Crippen molar-refractivity contribution in [1.82, 2.24) is 4.98 Å². The molecule has 3 heterocycles. The van der Waals surface area contributed by atoms with E-state index in [0.717, 1.165) is 29.3 Å². The molecule has 26 heavy (non-hydrogen) atoms. The van der Waals surface area contributed by atoms with Crippen LogP contribution in [0.25, 0.3) is 10.6 Å². The van der Waals surface area contributed by atoms with Gasteiger partial charge in [-0.15, -0.1) is 11.3 Å². The van der Waals surface area contributed by atoms with Crippen molar-refractivity contribution in [1.29, 1.82) is 0 Å². The number of hydrogen-bond donors (Lipinski definition) is 1. The van der Waals surface area contributed by atoms with Gasteiger partial charge in [0.1, 0.15) is 10.7 Å². The molecule has 5 nitrogen and oxygen atoms in total. The number of aromatic nitrogens is 1. The van der Waals surface area contributed by atoms with E-state index in [1.54, 1.807) is 16.7 Å². The first-order valence-corrected chi connectivity index (χ1v) is 10.3. The molecule has 0 unspecified atom stereocenters. The van der Waals surface area contributed by atoms with Crippen LogP contribution >= 0.6 is 34.3 Å². The zero-order chi connectivity index (χ0) is 17.9. The van der Waals surface area contributed by atoms with Crippen LogP contribution in [-0.4, -0.2) is 37.2 Å². The minimum atomic E-state index is -0.237. The Kier molecular flexibility index (Phi) is 5.21. The molecule has 0 saturated carbocycles. The first-order valence-electron chi connectivity index (χ1n) is 8.13. The predicted molar refractivity (Wildman–Crippen MR) is 108 cm³/mol. The van der Waals surface area contributed by atoms with Crippen LogP contribution in [0, 0.1) is 0 Å². The van der Waals surface area contributed by atoms with Crippen LogP contribution in [0.15, 0.2) is 40.4 Å². The first-order chi connectivity index (χ1) is 12.7. The molecule has 8 heteroatoms. The fourth-order valence-corrected chi connectivity index (χ4v) is 4.61. The number of benzene rings is 1. The van der Waals surface area contributed by atoms with Gasteiger partial charge in [0, 0.05) is 29.4 Å². The van der Waals surface area contributed by atoms with Crippen molar-refractivity contribution >= 4 is 51.6 Å². The number of halogens is 1. The SMILES string of the molecule is O=C(Nc1cccc(Cl)c1N1CCOCC1)c1csc(-c2ccsc2)n1. The average molecular weight is 406 g/mol. The Hall–Kier alpha value is -1.93. The maximum atomic E-state index is 12.7. The van der Waals surface area contributed by atoms with Crippen LogP contribution in [0.5, 0.6) is 0 Å². The van der Waals surface area contributed by atoms with Crippen LogP contribution < -0.4 is 10.2 Å². The summed E-state index contributed by atoms with van der Waals surface area (Å²) >= 11 is 9.49. The topological polar surface area (TPSA) is 54.5 Å². The predicted octanol–water partition coefficient (Wildman–Crippen LogP) is 4.61. The fourth-order valence-electron chi connectivity index (χ4n) is 2.81. The number of nitrogens with zero attached hydrogens (tertiary/aromatic N) is 2. The molecule has 0 aliphatic carbocycles. The highest BCUT2D eigenvalue weighted by molar-refractivity contribution is 7.14. The number of hydrogen-bond acceptors (Lipinski definition) is 6. The molecule has 0 bridgehead atoms. The lowest BCUT2D eigenvalue weighted by Crippen LogP contribution is -2.37. The Morgan fingerprint density at radius 3 is 2.85 bits per heavy atom. The van der Waals surface area contributed by atoms with Gasteiger partial charge in [0.05, 0.1) is 29.6 Å². The lowest BCUT2D eigenvalue weighted by Gasteiger charge is -2.31. The highest BCUT2D eigenvalue weighted by atomic mass is 35.5. The number of anilines is 2. The third-order valence-electron chi connectivity index (χ3n) is 4.07. The Bertz CT molecular complexity index is 905. The number of nitrogens with one attached hydrogen (secondary N) is 1. The van der Waals surface area contributed by atoms with Crippen molar-refractivity contribution in [3.63, 3.8) is 0 Å². The molecule has 3 aromatic rings. The second-order valence-corrected chi connectivity index (χ2v) is 7.78. The van der Waals surface area contributed by atoms with E-state index in [0.29, 0.717) is 29.6 Å². The second kappa shape index (κ2) is 7.75. The van der Waals surface area contributed by atoms with Crippen LogP contribution in [0.2, 0.25) is 5.02 Å². The summed E-state index contributed by atoms with van der Waals surface area (Å²) in [5, 5.41) is 10.2. The number of para-hydroxylation sites is 1. The quantitative estimate of drug-likeness (QED) is 0.688. The summed E-state index contributed by atoms with van der Waals surface area (Å²) in [4.78, 5) is 19.3. The van der Waals surface area contributed by atoms with Gasteiger partial charge in [0.25, 0.3) is 5.91 Å². The number of ether oxygens (including phenoxy) is 1. The molecular formula is C18H16ClN3O2S2. The lowest BCUT2D eigenvalue weighted by atomic mass is 10.2. The Labute approximate surface area is 164 Å². The Morgan fingerprint density at radius 1 is 1.23 bits per heavy atom. The molecule has 1 aliphatic heterocycles. The van der Waals surface area contributed by atoms with E-state index in [1.807, 2.05) is 35.0 Å². The van der Waals surface area contributed by atoms with E-state index in [-0.39, 0.29) is 5.91 Å². The third-order valence-corrected chi connectivity index (χ3v) is 5.95. The number of carbonyl (C=O) groups excluding carboxylic acids is 1. The molecular weight excluding hydrogens is 390 g/mol.